The molecule has 6 heteroatoms. The van der Waals surface area contributed by atoms with E-state index in [9.17, 15) is 9.18 Å². The van der Waals surface area contributed by atoms with E-state index < -0.39 is 0 Å². The molecule has 1 aromatic carbocycles. The van der Waals surface area contributed by atoms with E-state index in [-0.39, 0.29) is 18.3 Å². The Morgan fingerprint density at radius 1 is 1.29 bits per heavy atom. The van der Waals surface area contributed by atoms with Crippen molar-refractivity contribution in [2.24, 2.45) is 0 Å². The first-order chi connectivity index (χ1) is 11.7. The fraction of sp³-hybridized carbons (Fsp3) is 0.444. The maximum atomic E-state index is 13.6. The number of halogens is 1. The fourth-order valence-electron chi connectivity index (χ4n) is 3.18. The standard InChI is InChI=1S/C18H23FN4O/c19-17-8-2-1-6-15(17)12-20-18(24)14-22-10-4-3-7-16(22)13-23-11-5-9-21-23/h1-2,5-6,8-9,11,16H,3-4,7,10,12-14H2,(H,20,24)/t16-/m1/s1. The Morgan fingerprint density at radius 2 is 2.17 bits per heavy atom. The molecule has 1 atom stereocenters. The SMILES string of the molecule is O=C(CN1CCCC[C@@H]1Cn1cccn1)NCc1ccccc1F. The minimum Gasteiger partial charge on any atom is -0.351 e. The van der Waals surface area contributed by atoms with Gasteiger partial charge >= 0.3 is 0 Å². The fourth-order valence-corrected chi connectivity index (χ4v) is 3.18. The number of rotatable bonds is 6. The molecule has 1 aromatic heterocycles. The van der Waals surface area contributed by atoms with Gasteiger partial charge in [0.15, 0.2) is 0 Å². The molecule has 1 aliphatic heterocycles. The Kier molecular flexibility index (Phi) is 5.59. The van der Waals surface area contributed by atoms with Crippen molar-refractivity contribution in [2.75, 3.05) is 13.1 Å². The van der Waals surface area contributed by atoms with Crippen molar-refractivity contribution >= 4 is 5.91 Å². The molecule has 0 saturated carbocycles. The van der Waals surface area contributed by atoms with Crippen LogP contribution in [-0.2, 0) is 17.9 Å². The lowest BCUT2D eigenvalue weighted by atomic mass is 10.0. The van der Waals surface area contributed by atoms with Gasteiger partial charge in [-0.3, -0.25) is 14.4 Å². The third-order valence-electron chi connectivity index (χ3n) is 4.49. The van der Waals surface area contributed by atoms with E-state index in [2.05, 4.69) is 15.3 Å². The molecule has 1 amide bonds. The lowest BCUT2D eigenvalue weighted by Gasteiger charge is -2.35. The molecule has 3 rings (SSSR count). The van der Waals surface area contributed by atoms with Crippen LogP contribution in [0.4, 0.5) is 4.39 Å². The normalized spacial score (nSPS) is 18.5. The van der Waals surface area contributed by atoms with E-state index in [1.807, 2.05) is 16.9 Å². The smallest absolute Gasteiger partial charge is 0.234 e. The number of nitrogens with one attached hydrogen (secondary N) is 1. The molecule has 2 heterocycles. The Labute approximate surface area is 141 Å². The highest BCUT2D eigenvalue weighted by molar-refractivity contribution is 5.78. The van der Waals surface area contributed by atoms with Crippen molar-refractivity contribution in [2.45, 2.75) is 38.4 Å². The third-order valence-corrected chi connectivity index (χ3v) is 4.49. The van der Waals surface area contributed by atoms with Crippen LogP contribution in [0.15, 0.2) is 42.7 Å². The molecule has 1 saturated heterocycles. The van der Waals surface area contributed by atoms with Crippen LogP contribution in [0.3, 0.4) is 0 Å². The van der Waals surface area contributed by atoms with Crippen LogP contribution in [0.2, 0.25) is 0 Å². The zero-order chi connectivity index (χ0) is 16.8. The van der Waals surface area contributed by atoms with Crippen LogP contribution < -0.4 is 5.32 Å². The number of nitrogens with zero attached hydrogens (tertiary/aromatic N) is 3. The van der Waals surface area contributed by atoms with Gasteiger partial charge in [-0.25, -0.2) is 4.39 Å². The number of hydrogen-bond donors (Lipinski definition) is 1. The second kappa shape index (κ2) is 8.06. The van der Waals surface area contributed by atoms with Crippen LogP contribution in [-0.4, -0.2) is 39.7 Å². The summed E-state index contributed by atoms with van der Waals surface area (Å²) in [6, 6.07) is 8.75. The first kappa shape index (κ1) is 16.6. The number of likely N-dealkylation sites (tertiary alicyclic amines) is 1. The molecule has 5 nitrogen and oxygen atoms in total. The molecule has 24 heavy (non-hydrogen) atoms. The first-order valence-corrected chi connectivity index (χ1v) is 8.44. The topological polar surface area (TPSA) is 50.2 Å². The van der Waals surface area contributed by atoms with Crippen molar-refractivity contribution < 1.29 is 9.18 Å². The molecule has 1 fully saturated rings. The van der Waals surface area contributed by atoms with E-state index in [0.29, 0.717) is 18.2 Å². The zero-order valence-electron chi connectivity index (χ0n) is 13.7. The predicted molar refractivity (Wildman–Crippen MR) is 89.7 cm³/mol. The molecule has 0 radical (unpaired) electrons. The van der Waals surface area contributed by atoms with Gasteiger partial charge in [-0.15, -0.1) is 0 Å². The molecule has 0 bridgehead atoms. The molecular formula is C18H23FN4O. The van der Waals surface area contributed by atoms with Gasteiger partial charge in [0.1, 0.15) is 5.82 Å². The lowest BCUT2D eigenvalue weighted by molar-refractivity contribution is -0.123. The van der Waals surface area contributed by atoms with E-state index in [1.54, 1.807) is 24.4 Å². The van der Waals surface area contributed by atoms with Crippen LogP contribution >= 0.6 is 0 Å². The van der Waals surface area contributed by atoms with Crippen LogP contribution in [0.5, 0.6) is 0 Å². The number of carbonyl (C=O) groups is 1. The summed E-state index contributed by atoms with van der Waals surface area (Å²) in [5.41, 5.74) is 0.512. The van der Waals surface area contributed by atoms with Crippen LogP contribution in [0.1, 0.15) is 24.8 Å². The van der Waals surface area contributed by atoms with Crippen LogP contribution in [0, 0.1) is 5.82 Å². The molecule has 1 N–H and O–H groups in total. The van der Waals surface area contributed by atoms with Crippen molar-refractivity contribution in [3.63, 3.8) is 0 Å². The summed E-state index contributed by atoms with van der Waals surface area (Å²) in [6.07, 6.45) is 7.08. The van der Waals surface area contributed by atoms with Gasteiger partial charge in [0, 0.05) is 30.5 Å². The number of piperidine rings is 1. The van der Waals surface area contributed by atoms with Gasteiger partial charge in [0.05, 0.1) is 13.1 Å². The summed E-state index contributed by atoms with van der Waals surface area (Å²) < 4.78 is 15.5. The maximum absolute atomic E-state index is 13.6. The number of hydrogen-bond acceptors (Lipinski definition) is 3. The van der Waals surface area contributed by atoms with Crippen molar-refractivity contribution in [1.82, 2.24) is 20.0 Å². The summed E-state index contributed by atoms with van der Waals surface area (Å²) in [5.74, 6) is -0.349. The van der Waals surface area contributed by atoms with E-state index in [4.69, 9.17) is 0 Å². The molecule has 1 aliphatic rings. The highest BCUT2D eigenvalue weighted by Crippen LogP contribution is 2.18. The number of benzene rings is 1. The predicted octanol–water partition coefficient (Wildman–Crippen LogP) is 2.19. The van der Waals surface area contributed by atoms with E-state index in [1.165, 1.54) is 12.5 Å². The quantitative estimate of drug-likeness (QED) is 0.883. The number of carbonyl (C=O) groups excluding carboxylic acids is 1. The minimum atomic E-state index is -0.285. The summed E-state index contributed by atoms with van der Waals surface area (Å²) in [5, 5.41) is 7.08. The van der Waals surface area contributed by atoms with Gasteiger partial charge in [-0.05, 0) is 31.5 Å². The Balaban J connectivity index is 1.52. The van der Waals surface area contributed by atoms with Crippen molar-refractivity contribution in [1.29, 1.82) is 0 Å². The van der Waals surface area contributed by atoms with Gasteiger partial charge in [0.2, 0.25) is 5.91 Å². The second-order valence-electron chi connectivity index (χ2n) is 6.22. The van der Waals surface area contributed by atoms with Gasteiger partial charge in [-0.1, -0.05) is 24.6 Å². The highest BCUT2D eigenvalue weighted by Gasteiger charge is 2.24. The Morgan fingerprint density at radius 3 is 2.96 bits per heavy atom. The largest absolute Gasteiger partial charge is 0.351 e. The monoisotopic (exact) mass is 330 g/mol. The molecule has 0 unspecified atom stereocenters. The van der Waals surface area contributed by atoms with Crippen molar-refractivity contribution in [3.05, 3.63) is 54.1 Å². The third kappa shape index (κ3) is 4.41. The van der Waals surface area contributed by atoms with Gasteiger partial charge in [0.25, 0.3) is 0 Å². The molecular weight excluding hydrogens is 307 g/mol. The number of aromatic nitrogens is 2. The Hall–Kier alpha value is -2.21. The molecule has 2 aromatic rings. The highest BCUT2D eigenvalue weighted by atomic mass is 19.1. The van der Waals surface area contributed by atoms with Crippen LogP contribution in [0.25, 0.3) is 0 Å². The second-order valence-corrected chi connectivity index (χ2v) is 6.22. The molecule has 0 aliphatic carbocycles. The summed E-state index contributed by atoms with van der Waals surface area (Å²) in [6.45, 7) is 2.29. The number of amides is 1. The maximum Gasteiger partial charge on any atom is 0.234 e. The zero-order valence-corrected chi connectivity index (χ0v) is 13.7. The van der Waals surface area contributed by atoms with Crippen molar-refractivity contribution in [3.8, 4) is 0 Å². The molecule has 0 spiro atoms. The average molecular weight is 330 g/mol. The lowest BCUT2D eigenvalue weighted by Crippen LogP contribution is -2.47. The minimum absolute atomic E-state index is 0.0642. The van der Waals surface area contributed by atoms with E-state index >= 15 is 0 Å². The van der Waals surface area contributed by atoms with Gasteiger partial charge in [-0.2, -0.15) is 5.10 Å². The summed E-state index contributed by atoms with van der Waals surface area (Å²) in [7, 11) is 0. The summed E-state index contributed by atoms with van der Waals surface area (Å²) >= 11 is 0. The summed E-state index contributed by atoms with van der Waals surface area (Å²) in [4.78, 5) is 14.5. The average Bonchev–Trinajstić information content (AvgIpc) is 3.09. The van der Waals surface area contributed by atoms with Gasteiger partial charge < -0.3 is 5.32 Å². The Bertz CT molecular complexity index is 659. The van der Waals surface area contributed by atoms with E-state index in [0.717, 1.165) is 25.9 Å². The first-order valence-electron chi connectivity index (χ1n) is 8.44. The molecule has 128 valence electrons.